The third-order valence-corrected chi connectivity index (χ3v) is 1.07. The molecule has 0 aromatic heterocycles. The predicted octanol–water partition coefficient (Wildman–Crippen LogP) is 1.34. The molecule has 0 aromatic rings. The number of halogens is 2. The summed E-state index contributed by atoms with van der Waals surface area (Å²) in [7, 11) is 0. The largest absolute Gasteiger partial charge is 0.381 e. The van der Waals surface area contributed by atoms with Gasteiger partial charge in [-0.05, 0) is 6.92 Å². The molecule has 58 valence electrons. The van der Waals surface area contributed by atoms with E-state index in [1.54, 1.807) is 6.92 Å². The second-order valence-electron chi connectivity index (χ2n) is 1.95. The van der Waals surface area contributed by atoms with Crippen molar-refractivity contribution in [3.05, 3.63) is 0 Å². The standard InChI is InChI=1S/C7H10ClFO/c1-6(10)3-2-4-7(8)5-9/h6-7,10H,4-5H2,1H3/t6?,7-/m1/s1. The highest BCUT2D eigenvalue weighted by atomic mass is 35.5. The zero-order chi connectivity index (χ0) is 7.98. The molecule has 0 saturated heterocycles. The van der Waals surface area contributed by atoms with Crippen LogP contribution in [0.1, 0.15) is 13.3 Å². The molecular formula is C7H10ClFO. The Bertz CT molecular complexity index is 136. The Morgan fingerprint density at radius 2 is 2.30 bits per heavy atom. The van der Waals surface area contributed by atoms with Gasteiger partial charge in [0.2, 0.25) is 0 Å². The van der Waals surface area contributed by atoms with Crippen molar-refractivity contribution in [2.24, 2.45) is 0 Å². The van der Waals surface area contributed by atoms with E-state index in [2.05, 4.69) is 11.8 Å². The molecule has 0 spiro atoms. The molecule has 0 radical (unpaired) electrons. The number of rotatable bonds is 2. The van der Waals surface area contributed by atoms with Gasteiger partial charge in [0.05, 0.1) is 5.38 Å². The van der Waals surface area contributed by atoms with E-state index in [-0.39, 0.29) is 0 Å². The Labute approximate surface area is 65.2 Å². The minimum atomic E-state index is -0.650. The summed E-state index contributed by atoms with van der Waals surface area (Å²) in [4.78, 5) is 0. The molecule has 0 heterocycles. The molecule has 0 amide bonds. The first-order valence-corrected chi connectivity index (χ1v) is 3.47. The maximum atomic E-state index is 11.6. The number of hydrogen-bond acceptors (Lipinski definition) is 1. The molecule has 0 aliphatic rings. The second kappa shape index (κ2) is 5.52. The molecule has 10 heavy (non-hydrogen) atoms. The Balaban J connectivity index is 3.45. The van der Waals surface area contributed by atoms with Gasteiger partial charge >= 0.3 is 0 Å². The summed E-state index contributed by atoms with van der Waals surface area (Å²) in [5.74, 6) is 5.03. The van der Waals surface area contributed by atoms with Crippen molar-refractivity contribution in [1.82, 2.24) is 0 Å². The highest BCUT2D eigenvalue weighted by molar-refractivity contribution is 6.20. The summed E-state index contributed by atoms with van der Waals surface area (Å²) in [5, 5.41) is 8.09. The number of aliphatic hydroxyl groups excluding tert-OH is 1. The van der Waals surface area contributed by atoms with Gasteiger partial charge in [-0.2, -0.15) is 0 Å². The van der Waals surface area contributed by atoms with Crippen molar-refractivity contribution >= 4 is 11.6 Å². The van der Waals surface area contributed by atoms with E-state index in [0.717, 1.165) is 0 Å². The van der Waals surface area contributed by atoms with E-state index in [0.29, 0.717) is 6.42 Å². The van der Waals surface area contributed by atoms with E-state index in [1.807, 2.05) is 0 Å². The molecule has 0 fully saturated rings. The molecule has 0 saturated carbocycles. The zero-order valence-corrected chi connectivity index (χ0v) is 6.53. The van der Waals surface area contributed by atoms with Crippen LogP contribution >= 0.6 is 11.6 Å². The summed E-state index contributed by atoms with van der Waals surface area (Å²) in [6.45, 7) is 0.974. The molecule has 0 rings (SSSR count). The third-order valence-electron chi connectivity index (χ3n) is 0.802. The fourth-order valence-corrected chi connectivity index (χ4v) is 0.449. The highest BCUT2D eigenvalue weighted by Crippen LogP contribution is 2.00. The minimum absolute atomic E-state index is 0.295. The van der Waals surface area contributed by atoms with Gasteiger partial charge in [-0.15, -0.1) is 11.6 Å². The van der Waals surface area contributed by atoms with Crippen LogP contribution in [-0.4, -0.2) is 23.3 Å². The number of hydrogen-bond donors (Lipinski definition) is 1. The van der Waals surface area contributed by atoms with E-state index < -0.39 is 18.2 Å². The van der Waals surface area contributed by atoms with Crippen LogP contribution in [-0.2, 0) is 0 Å². The molecule has 0 bridgehead atoms. The molecular weight excluding hydrogens is 155 g/mol. The van der Waals surface area contributed by atoms with E-state index in [4.69, 9.17) is 16.7 Å². The van der Waals surface area contributed by atoms with Gasteiger partial charge in [0.25, 0.3) is 0 Å². The van der Waals surface area contributed by atoms with Crippen LogP contribution in [0.25, 0.3) is 0 Å². The van der Waals surface area contributed by atoms with Gasteiger partial charge in [0.15, 0.2) is 0 Å². The van der Waals surface area contributed by atoms with Gasteiger partial charge in [-0.1, -0.05) is 11.8 Å². The van der Waals surface area contributed by atoms with Crippen LogP contribution in [0.3, 0.4) is 0 Å². The molecule has 0 aromatic carbocycles. The summed E-state index contributed by atoms with van der Waals surface area (Å²) in [5.41, 5.74) is 0. The van der Waals surface area contributed by atoms with Gasteiger partial charge < -0.3 is 5.11 Å². The lowest BCUT2D eigenvalue weighted by molar-refractivity contribution is 0.253. The van der Waals surface area contributed by atoms with Gasteiger partial charge in [0.1, 0.15) is 12.8 Å². The van der Waals surface area contributed by atoms with E-state index >= 15 is 0 Å². The van der Waals surface area contributed by atoms with Crippen molar-refractivity contribution in [1.29, 1.82) is 0 Å². The monoisotopic (exact) mass is 164 g/mol. The number of alkyl halides is 2. The lowest BCUT2D eigenvalue weighted by Gasteiger charge is -1.95. The summed E-state index contributed by atoms with van der Waals surface area (Å²) >= 11 is 5.39. The van der Waals surface area contributed by atoms with Crippen LogP contribution in [0.4, 0.5) is 4.39 Å². The summed E-state index contributed by atoms with van der Waals surface area (Å²) in [6, 6.07) is 0. The smallest absolute Gasteiger partial charge is 0.111 e. The Morgan fingerprint density at radius 3 is 2.70 bits per heavy atom. The van der Waals surface area contributed by atoms with Crippen molar-refractivity contribution in [3.8, 4) is 11.8 Å². The maximum Gasteiger partial charge on any atom is 0.111 e. The van der Waals surface area contributed by atoms with E-state index in [1.165, 1.54) is 0 Å². The first-order chi connectivity index (χ1) is 4.66. The molecule has 3 heteroatoms. The molecule has 1 unspecified atom stereocenters. The van der Waals surface area contributed by atoms with Crippen LogP contribution < -0.4 is 0 Å². The number of aliphatic hydroxyl groups is 1. The lowest BCUT2D eigenvalue weighted by atomic mass is 10.3. The first kappa shape index (κ1) is 9.74. The topological polar surface area (TPSA) is 20.2 Å². The normalized spacial score (nSPS) is 15.2. The lowest BCUT2D eigenvalue weighted by Crippen LogP contribution is -1.99. The van der Waals surface area contributed by atoms with Crippen LogP contribution in [0, 0.1) is 11.8 Å². The third kappa shape index (κ3) is 5.87. The highest BCUT2D eigenvalue weighted by Gasteiger charge is 1.98. The van der Waals surface area contributed by atoms with E-state index in [9.17, 15) is 4.39 Å². The Kier molecular flexibility index (Phi) is 5.38. The van der Waals surface area contributed by atoms with Crippen LogP contribution in [0.5, 0.6) is 0 Å². The molecule has 0 aliphatic heterocycles. The fourth-order valence-electron chi connectivity index (χ4n) is 0.372. The van der Waals surface area contributed by atoms with Crippen molar-refractivity contribution in [2.75, 3.05) is 6.67 Å². The van der Waals surface area contributed by atoms with Crippen LogP contribution in [0.2, 0.25) is 0 Å². The van der Waals surface area contributed by atoms with Gasteiger partial charge in [0, 0.05) is 6.42 Å². The summed E-state index contributed by atoms with van der Waals surface area (Å²) < 4.78 is 11.6. The quantitative estimate of drug-likeness (QED) is 0.483. The second-order valence-corrected chi connectivity index (χ2v) is 2.57. The van der Waals surface area contributed by atoms with Gasteiger partial charge in [-0.3, -0.25) is 0 Å². The molecule has 0 aliphatic carbocycles. The fraction of sp³-hybridized carbons (Fsp3) is 0.714. The predicted molar refractivity (Wildman–Crippen MR) is 39.7 cm³/mol. The average Bonchev–Trinajstić information content (AvgIpc) is 1.87. The van der Waals surface area contributed by atoms with Crippen molar-refractivity contribution in [3.63, 3.8) is 0 Å². The average molecular weight is 165 g/mol. The molecule has 1 nitrogen and oxygen atoms in total. The SMILES string of the molecule is CC(O)C#CC[C@@H](Cl)CF. The molecule has 2 atom stereocenters. The Hall–Kier alpha value is -0.260. The minimum Gasteiger partial charge on any atom is -0.381 e. The zero-order valence-electron chi connectivity index (χ0n) is 5.77. The van der Waals surface area contributed by atoms with Gasteiger partial charge in [-0.25, -0.2) is 4.39 Å². The van der Waals surface area contributed by atoms with Crippen molar-refractivity contribution < 1.29 is 9.50 Å². The maximum absolute atomic E-state index is 11.6. The van der Waals surface area contributed by atoms with Crippen molar-refractivity contribution in [2.45, 2.75) is 24.8 Å². The summed E-state index contributed by atoms with van der Waals surface area (Å²) in [6.07, 6.45) is -0.355. The Morgan fingerprint density at radius 1 is 1.70 bits per heavy atom. The first-order valence-electron chi connectivity index (χ1n) is 3.03. The van der Waals surface area contributed by atoms with Crippen LogP contribution in [0.15, 0.2) is 0 Å². The molecule has 1 N–H and O–H groups in total.